The van der Waals surface area contributed by atoms with Gasteiger partial charge in [0.15, 0.2) is 0 Å². The zero-order valence-electron chi connectivity index (χ0n) is 20.2. The average Bonchev–Trinajstić information content (AvgIpc) is 3.63. The summed E-state index contributed by atoms with van der Waals surface area (Å²) < 4.78 is 3.28. The van der Waals surface area contributed by atoms with Crippen molar-refractivity contribution >= 4 is 43.8 Å². The second-order valence-electron chi connectivity index (χ2n) is 9.09. The van der Waals surface area contributed by atoms with Crippen LogP contribution in [-0.4, -0.2) is 26.1 Å². The van der Waals surface area contributed by atoms with Crippen molar-refractivity contribution in [2.75, 3.05) is 11.9 Å². The highest BCUT2D eigenvalue weighted by Gasteiger charge is 2.10. The Balaban J connectivity index is 1.13. The quantitative estimate of drug-likeness (QED) is 0.193. The summed E-state index contributed by atoms with van der Waals surface area (Å²) in [5.74, 6) is 0. The molecule has 0 fully saturated rings. The molecule has 4 aromatic heterocycles. The lowest BCUT2D eigenvalue weighted by Crippen LogP contribution is -2.16. The molecule has 0 aliphatic carbocycles. The number of imidazole rings is 1. The van der Waals surface area contributed by atoms with Gasteiger partial charge in [0, 0.05) is 58.8 Å². The number of aryl methyl sites for hydroxylation is 2. The molecule has 36 heavy (non-hydrogen) atoms. The molecule has 0 saturated carbocycles. The number of pyridine rings is 1. The van der Waals surface area contributed by atoms with Crippen LogP contribution < -0.4 is 10.6 Å². The minimum atomic E-state index is 0.872. The van der Waals surface area contributed by atoms with Crippen LogP contribution in [0.1, 0.15) is 17.7 Å². The van der Waals surface area contributed by atoms with E-state index in [0.29, 0.717) is 0 Å². The van der Waals surface area contributed by atoms with Crippen LogP contribution in [0.25, 0.3) is 31.6 Å². The maximum absolute atomic E-state index is 4.63. The fraction of sp³-hybridized carbons (Fsp3) is 0.172. The molecule has 2 aromatic carbocycles. The van der Waals surface area contributed by atoms with Gasteiger partial charge in [-0.15, -0.1) is 11.3 Å². The summed E-state index contributed by atoms with van der Waals surface area (Å²) in [5, 5.41) is 8.35. The lowest BCUT2D eigenvalue weighted by atomic mass is 10.1. The number of aromatic nitrogens is 4. The fourth-order valence-corrected chi connectivity index (χ4v) is 5.60. The van der Waals surface area contributed by atoms with E-state index < -0.39 is 0 Å². The van der Waals surface area contributed by atoms with Gasteiger partial charge in [0.05, 0.1) is 22.2 Å². The molecule has 0 unspecified atom stereocenters. The number of benzene rings is 2. The highest BCUT2D eigenvalue weighted by atomic mass is 32.1. The van der Waals surface area contributed by atoms with Crippen molar-refractivity contribution in [2.45, 2.75) is 26.4 Å². The summed E-state index contributed by atoms with van der Waals surface area (Å²) in [6.07, 6.45) is 8.65. The van der Waals surface area contributed by atoms with Crippen LogP contribution in [-0.2, 0) is 13.1 Å². The predicted molar refractivity (Wildman–Crippen MR) is 150 cm³/mol. The van der Waals surface area contributed by atoms with Crippen molar-refractivity contribution in [3.05, 3.63) is 96.8 Å². The fourth-order valence-electron chi connectivity index (χ4n) is 4.51. The van der Waals surface area contributed by atoms with Crippen molar-refractivity contribution in [3.63, 3.8) is 0 Å². The minimum Gasteiger partial charge on any atom is -0.359 e. The second-order valence-corrected chi connectivity index (χ2v) is 10.1. The Morgan fingerprint density at radius 1 is 1.00 bits per heavy atom. The van der Waals surface area contributed by atoms with E-state index in [1.807, 2.05) is 24.9 Å². The Bertz CT molecular complexity index is 1590. The van der Waals surface area contributed by atoms with Crippen LogP contribution in [0.3, 0.4) is 0 Å². The molecule has 0 amide bonds. The number of nitrogens with zero attached hydrogens (tertiary/aromatic N) is 3. The third-order valence-electron chi connectivity index (χ3n) is 6.34. The number of hydrogen-bond acceptors (Lipinski definition) is 5. The topological polar surface area (TPSA) is 70.6 Å². The first-order valence-corrected chi connectivity index (χ1v) is 13.0. The number of anilines is 2. The molecule has 0 saturated heterocycles. The van der Waals surface area contributed by atoms with E-state index in [-0.39, 0.29) is 0 Å². The molecule has 7 heteroatoms. The molecule has 4 heterocycles. The monoisotopic (exact) mass is 492 g/mol. The average molecular weight is 493 g/mol. The molecule has 180 valence electrons. The van der Waals surface area contributed by atoms with Crippen molar-refractivity contribution < 1.29 is 0 Å². The van der Waals surface area contributed by atoms with Crippen LogP contribution in [0.2, 0.25) is 0 Å². The number of hydrogen-bond donors (Lipinski definition) is 3. The van der Waals surface area contributed by atoms with Gasteiger partial charge >= 0.3 is 0 Å². The van der Waals surface area contributed by atoms with E-state index in [9.17, 15) is 0 Å². The van der Waals surface area contributed by atoms with E-state index in [1.54, 1.807) is 11.3 Å². The van der Waals surface area contributed by atoms with E-state index >= 15 is 0 Å². The van der Waals surface area contributed by atoms with Crippen molar-refractivity contribution in [2.24, 2.45) is 0 Å². The molecule has 6 nitrogen and oxygen atoms in total. The largest absolute Gasteiger partial charge is 0.359 e. The molecule has 0 aliphatic rings. The molecule has 0 bridgehead atoms. The predicted octanol–water partition coefficient (Wildman–Crippen LogP) is 6.87. The molecule has 6 aromatic rings. The second kappa shape index (κ2) is 9.97. The zero-order valence-corrected chi connectivity index (χ0v) is 21.0. The highest BCUT2D eigenvalue weighted by molar-refractivity contribution is 7.22. The van der Waals surface area contributed by atoms with Crippen LogP contribution >= 0.6 is 11.3 Å². The number of nitrogens with one attached hydrogen (secondary N) is 3. The van der Waals surface area contributed by atoms with Gasteiger partial charge in [-0.25, -0.2) is 4.98 Å². The van der Waals surface area contributed by atoms with E-state index in [2.05, 4.69) is 97.7 Å². The summed E-state index contributed by atoms with van der Waals surface area (Å²) in [7, 11) is 0. The normalized spacial score (nSPS) is 11.5. The number of thiophene rings is 1. The molecule has 0 radical (unpaired) electrons. The van der Waals surface area contributed by atoms with Gasteiger partial charge in [0.25, 0.3) is 0 Å². The summed E-state index contributed by atoms with van der Waals surface area (Å²) in [6.45, 7) is 4.93. The first kappa shape index (κ1) is 22.5. The molecule has 6 rings (SSSR count). The lowest BCUT2D eigenvalue weighted by Gasteiger charge is -2.07. The zero-order chi connectivity index (χ0) is 24.3. The van der Waals surface area contributed by atoms with Crippen LogP contribution in [0, 0.1) is 6.92 Å². The Kier molecular flexibility index (Phi) is 6.24. The van der Waals surface area contributed by atoms with Gasteiger partial charge < -0.3 is 20.2 Å². The third-order valence-corrected chi connectivity index (χ3v) is 7.55. The Morgan fingerprint density at radius 3 is 2.78 bits per heavy atom. The van der Waals surface area contributed by atoms with Gasteiger partial charge in [0.1, 0.15) is 0 Å². The van der Waals surface area contributed by atoms with Crippen molar-refractivity contribution in [1.29, 1.82) is 0 Å². The van der Waals surface area contributed by atoms with Gasteiger partial charge in [-0.05, 0) is 67.4 Å². The van der Waals surface area contributed by atoms with Gasteiger partial charge in [-0.3, -0.25) is 4.98 Å². The number of rotatable bonds is 9. The van der Waals surface area contributed by atoms with Crippen molar-refractivity contribution in [3.8, 4) is 10.4 Å². The summed E-state index contributed by atoms with van der Waals surface area (Å²) in [5.41, 5.74) is 8.01. The highest BCUT2D eigenvalue weighted by Crippen LogP contribution is 2.37. The number of fused-ring (bicyclic) bond motifs is 2. The number of H-pyrrole nitrogens is 1. The summed E-state index contributed by atoms with van der Waals surface area (Å²) >= 11 is 1.78. The SMILES string of the molecule is Cc1cc2cc(Nc3ccnc4cc(-c5ccc(CNCCCn6ccnc6)cc5)sc34)ccc2[nH]1. The van der Waals surface area contributed by atoms with Gasteiger partial charge in [-0.1, -0.05) is 24.3 Å². The third kappa shape index (κ3) is 4.89. The van der Waals surface area contributed by atoms with Gasteiger partial charge in [-0.2, -0.15) is 0 Å². The Labute approximate surface area is 214 Å². The molecule has 3 N–H and O–H groups in total. The van der Waals surface area contributed by atoms with E-state index in [0.717, 1.165) is 48.5 Å². The Hall–Kier alpha value is -3.94. The first-order chi connectivity index (χ1) is 17.7. The van der Waals surface area contributed by atoms with Gasteiger partial charge in [0.2, 0.25) is 0 Å². The summed E-state index contributed by atoms with van der Waals surface area (Å²) in [6, 6.07) is 21.7. The maximum atomic E-state index is 4.63. The lowest BCUT2D eigenvalue weighted by molar-refractivity contribution is 0.581. The van der Waals surface area contributed by atoms with E-state index in [4.69, 9.17) is 0 Å². The van der Waals surface area contributed by atoms with E-state index in [1.165, 1.54) is 31.8 Å². The molecule has 0 spiro atoms. The molecule has 0 atom stereocenters. The molecule has 0 aliphatic heterocycles. The first-order valence-electron chi connectivity index (χ1n) is 12.2. The smallest absolute Gasteiger partial charge is 0.0945 e. The molecular formula is C29H28N6S. The standard InChI is InChI=1S/C29H28N6S/c1-20-15-23-16-24(7-8-25(23)33-20)34-26-9-11-32-27-17-28(36-29(26)27)22-5-3-21(4-6-22)18-30-10-2-13-35-14-12-31-19-35/h3-9,11-12,14-17,19,30,33H,2,10,13,18H2,1H3,(H,32,34). The Morgan fingerprint density at radius 2 is 1.92 bits per heavy atom. The minimum absolute atomic E-state index is 0.872. The summed E-state index contributed by atoms with van der Waals surface area (Å²) in [4.78, 5) is 13.3. The number of aromatic amines is 1. The van der Waals surface area contributed by atoms with Crippen molar-refractivity contribution in [1.82, 2.24) is 24.8 Å². The maximum Gasteiger partial charge on any atom is 0.0945 e. The molecular weight excluding hydrogens is 464 g/mol. The van der Waals surface area contributed by atoms with Crippen LogP contribution in [0.15, 0.2) is 85.6 Å². The van der Waals surface area contributed by atoms with Crippen LogP contribution in [0.5, 0.6) is 0 Å². The van der Waals surface area contributed by atoms with Crippen LogP contribution in [0.4, 0.5) is 11.4 Å².